The Kier molecular flexibility index (Phi) is 4.17. The number of sulfonamides is 1. The van der Waals surface area contributed by atoms with E-state index in [9.17, 15) is 13.2 Å². The Balaban J connectivity index is 1.84. The van der Waals surface area contributed by atoms with E-state index in [2.05, 4.69) is 4.72 Å². The van der Waals surface area contributed by atoms with Crippen LogP contribution in [0, 0.1) is 0 Å². The lowest BCUT2D eigenvalue weighted by atomic mass is 10.1. The Hall–Kier alpha value is -1.86. The number of nitrogens with zero attached hydrogens (tertiary/aromatic N) is 1. The summed E-state index contributed by atoms with van der Waals surface area (Å²) in [5, 5.41) is 1.72. The number of amides is 1. The molecule has 0 unspecified atom stereocenters. The standard InChI is InChI=1S/C15H16N2O3S2/c18-14-7-1-2-9-17(14)13-6-3-5-12(11-13)16-22(19,20)15-8-4-10-21-15/h3-6,8,10-11,16H,1-2,7,9H2. The zero-order valence-electron chi connectivity index (χ0n) is 11.9. The molecule has 1 N–H and O–H groups in total. The Labute approximate surface area is 133 Å². The molecule has 1 fully saturated rings. The fourth-order valence-corrected chi connectivity index (χ4v) is 4.48. The third-order valence-corrected chi connectivity index (χ3v) is 6.27. The second-order valence-corrected chi connectivity index (χ2v) is 7.95. The highest BCUT2D eigenvalue weighted by molar-refractivity contribution is 7.94. The molecule has 0 saturated carbocycles. The van der Waals surface area contributed by atoms with E-state index in [-0.39, 0.29) is 10.1 Å². The Bertz CT molecular complexity index is 770. The third-order valence-electron chi connectivity index (χ3n) is 3.49. The lowest BCUT2D eigenvalue weighted by molar-refractivity contribution is -0.119. The van der Waals surface area contributed by atoms with Crippen LogP contribution in [0.15, 0.2) is 46.0 Å². The molecular formula is C15H16N2O3S2. The Morgan fingerprint density at radius 2 is 2.00 bits per heavy atom. The van der Waals surface area contributed by atoms with E-state index in [1.807, 2.05) is 6.07 Å². The van der Waals surface area contributed by atoms with E-state index in [1.165, 1.54) is 11.3 Å². The van der Waals surface area contributed by atoms with Crippen molar-refractivity contribution in [2.24, 2.45) is 0 Å². The minimum absolute atomic E-state index is 0.0875. The molecule has 1 amide bonds. The highest BCUT2D eigenvalue weighted by atomic mass is 32.2. The number of carbonyl (C=O) groups is 1. The first kappa shape index (κ1) is 15.1. The largest absolute Gasteiger partial charge is 0.312 e. The normalized spacial score (nSPS) is 15.8. The summed E-state index contributed by atoms with van der Waals surface area (Å²) in [4.78, 5) is 13.7. The molecule has 1 aromatic carbocycles. The summed E-state index contributed by atoms with van der Waals surface area (Å²) in [5.74, 6) is 0.0875. The number of rotatable bonds is 4. The van der Waals surface area contributed by atoms with Crippen LogP contribution in [0.5, 0.6) is 0 Å². The van der Waals surface area contributed by atoms with Crippen molar-refractivity contribution in [1.82, 2.24) is 0 Å². The van der Waals surface area contributed by atoms with Crippen molar-refractivity contribution >= 4 is 38.6 Å². The summed E-state index contributed by atoms with van der Waals surface area (Å²) < 4.78 is 27.3. The zero-order valence-corrected chi connectivity index (χ0v) is 13.5. The van der Waals surface area contributed by atoms with Crippen molar-refractivity contribution in [2.75, 3.05) is 16.2 Å². The maximum absolute atomic E-state index is 12.2. The molecule has 0 aliphatic carbocycles. The fraction of sp³-hybridized carbons (Fsp3) is 0.267. The van der Waals surface area contributed by atoms with Gasteiger partial charge in [0.25, 0.3) is 10.0 Å². The quantitative estimate of drug-likeness (QED) is 0.933. The molecule has 5 nitrogen and oxygen atoms in total. The Morgan fingerprint density at radius 3 is 2.73 bits per heavy atom. The number of benzene rings is 1. The van der Waals surface area contributed by atoms with Gasteiger partial charge in [-0.3, -0.25) is 9.52 Å². The number of anilines is 2. The van der Waals surface area contributed by atoms with Crippen LogP contribution in [-0.2, 0) is 14.8 Å². The number of hydrogen-bond acceptors (Lipinski definition) is 4. The van der Waals surface area contributed by atoms with Crippen molar-refractivity contribution in [3.05, 3.63) is 41.8 Å². The first-order chi connectivity index (χ1) is 10.6. The molecule has 22 heavy (non-hydrogen) atoms. The van der Waals surface area contributed by atoms with Crippen molar-refractivity contribution < 1.29 is 13.2 Å². The van der Waals surface area contributed by atoms with Crippen molar-refractivity contribution in [2.45, 2.75) is 23.5 Å². The molecule has 1 aromatic heterocycles. The molecule has 1 aliphatic rings. The molecule has 1 aliphatic heterocycles. The molecule has 2 aromatic rings. The zero-order chi connectivity index (χ0) is 15.6. The van der Waals surface area contributed by atoms with Gasteiger partial charge >= 0.3 is 0 Å². The van der Waals surface area contributed by atoms with Gasteiger partial charge in [-0.2, -0.15) is 0 Å². The van der Waals surface area contributed by atoms with Crippen LogP contribution >= 0.6 is 11.3 Å². The molecule has 116 valence electrons. The van der Waals surface area contributed by atoms with Crippen LogP contribution in [0.1, 0.15) is 19.3 Å². The number of carbonyl (C=O) groups excluding carboxylic acids is 1. The van der Waals surface area contributed by atoms with Crippen molar-refractivity contribution in [3.63, 3.8) is 0 Å². The SMILES string of the molecule is O=C1CCCCN1c1cccc(NS(=O)(=O)c2cccs2)c1. The number of nitrogens with one attached hydrogen (secondary N) is 1. The smallest absolute Gasteiger partial charge is 0.271 e. The third kappa shape index (κ3) is 3.15. The lowest BCUT2D eigenvalue weighted by Gasteiger charge is -2.27. The van der Waals surface area contributed by atoms with E-state index in [4.69, 9.17) is 0 Å². The monoisotopic (exact) mass is 336 g/mol. The average Bonchev–Trinajstić information content (AvgIpc) is 3.03. The molecule has 1 saturated heterocycles. The van der Waals surface area contributed by atoms with Crippen LogP contribution in [0.3, 0.4) is 0 Å². The summed E-state index contributed by atoms with van der Waals surface area (Å²) in [6.07, 6.45) is 2.43. The minimum atomic E-state index is -3.57. The first-order valence-corrected chi connectivity index (χ1v) is 9.39. The fourth-order valence-electron chi connectivity index (χ4n) is 2.44. The van der Waals surface area contributed by atoms with Crippen LogP contribution in [0.4, 0.5) is 11.4 Å². The van der Waals surface area contributed by atoms with Crippen LogP contribution < -0.4 is 9.62 Å². The molecule has 2 heterocycles. The van der Waals surface area contributed by atoms with Crippen LogP contribution in [-0.4, -0.2) is 20.9 Å². The second-order valence-electron chi connectivity index (χ2n) is 5.09. The summed E-state index contributed by atoms with van der Waals surface area (Å²) in [7, 11) is -3.57. The predicted molar refractivity (Wildman–Crippen MR) is 87.8 cm³/mol. The van der Waals surface area contributed by atoms with Crippen LogP contribution in [0.2, 0.25) is 0 Å². The highest BCUT2D eigenvalue weighted by Gasteiger charge is 2.20. The highest BCUT2D eigenvalue weighted by Crippen LogP contribution is 2.26. The summed E-state index contributed by atoms with van der Waals surface area (Å²) in [6, 6.07) is 10.2. The maximum atomic E-state index is 12.2. The topological polar surface area (TPSA) is 66.5 Å². The van der Waals surface area contributed by atoms with Gasteiger partial charge in [0, 0.05) is 18.7 Å². The van der Waals surface area contributed by atoms with Gasteiger partial charge in [-0.1, -0.05) is 12.1 Å². The maximum Gasteiger partial charge on any atom is 0.271 e. The van der Waals surface area contributed by atoms with E-state index < -0.39 is 10.0 Å². The lowest BCUT2D eigenvalue weighted by Crippen LogP contribution is -2.35. The average molecular weight is 336 g/mol. The molecule has 0 atom stereocenters. The molecule has 7 heteroatoms. The molecule has 0 radical (unpaired) electrons. The van der Waals surface area contributed by atoms with Gasteiger partial charge in [0.15, 0.2) is 0 Å². The number of thiophene rings is 1. The summed E-state index contributed by atoms with van der Waals surface area (Å²) in [5.41, 5.74) is 1.19. The van der Waals surface area contributed by atoms with E-state index in [1.54, 1.807) is 40.6 Å². The van der Waals surface area contributed by atoms with E-state index >= 15 is 0 Å². The van der Waals surface area contributed by atoms with Gasteiger partial charge in [0.2, 0.25) is 5.91 Å². The van der Waals surface area contributed by atoms with Gasteiger partial charge in [-0.15, -0.1) is 11.3 Å². The predicted octanol–water partition coefficient (Wildman–Crippen LogP) is 3.07. The molecule has 3 rings (SSSR count). The van der Waals surface area contributed by atoms with Gasteiger partial charge in [-0.05, 0) is 42.5 Å². The summed E-state index contributed by atoms with van der Waals surface area (Å²) >= 11 is 1.17. The molecular weight excluding hydrogens is 320 g/mol. The first-order valence-electron chi connectivity index (χ1n) is 7.03. The van der Waals surface area contributed by atoms with Gasteiger partial charge in [-0.25, -0.2) is 8.42 Å². The Morgan fingerprint density at radius 1 is 1.14 bits per heavy atom. The van der Waals surface area contributed by atoms with Gasteiger partial charge < -0.3 is 4.90 Å². The van der Waals surface area contributed by atoms with Crippen molar-refractivity contribution in [3.8, 4) is 0 Å². The van der Waals surface area contributed by atoms with Crippen LogP contribution in [0.25, 0.3) is 0 Å². The molecule has 0 spiro atoms. The van der Waals surface area contributed by atoms with E-state index in [0.717, 1.165) is 18.5 Å². The molecule has 0 bridgehead atoms. The van der Waals surface area contributed by atoms with Gasteiger partial charge in [0.1, 0.15) is 4.21 Å². The second kappa shape index (κ2) is 6.10. The van der Waals surface area contributed by atoms with E-state index in [0.29, 0.717) is 18.7 Å². The number of hydrogen-bond donors (Lipinski definition) is 1. The summed E-state index contributed by atoms with van der Waals surface area (Å²) in [6.45, 7) is 0.681. The number of piperidine rings is 1. The van der Waals surface area contributed by atoms with Crippen molar-refractivity contribution in [1.29, 1.82) is 0 Å². The van der Waals surface area contributed by atoms with Gasteiger partial charge in [0.05, 0.1) is 5.69 Å². The minimum Gasteiger partial charge on any atom is -0.312 e.